The highest BCUT2D eigenvalue weighted by molar-refractivity contribution is 5.23. The van der Waals surface area contributed by atoms with E-state index in [-0.39, 0.29) is 0 Å². The van der Waals surface area contributed by atoms with Gasteiger partial charge in [0.15, 0.2) is 0 Å². The van der Waals surface area contributed by atoms with Crippen LogP contribution in [-0.2, 0) is 0 Å². The van der Waals surface area contributed by atoms with Crippen LogP contribution in [0.5, 0.6) is 0 Å². The predicted molar refractivity (Wildman–Crippen MR) is 58.2 cm³/mol. The summed E-state index contributed by atoms with van der Waals surface area (Å²) in [6.07, 6.45) is 7.78. The van der Waals surface area contributed by atoms with Crippen LogP contribution in [0.4, 0.5) is 5.82 Å². The van der Waals surface area contributed by atoms with Crippen molar-refractivity contribution in [1.29, 1.82) is 0 Å². The summed E-state index contributed by atoms with van der Waals surface area (Å²) in [5.74, 6) is 1.46. The number of nitrogen functional groups attached to an aromatic ring is 1. The Hall–Kier alpha value is -1.16. The van der Waals surface area contributed by atoms with Gasteiger partial charge < -0.3 is 10.8 Å². The molecule has 1 saturated carbocycles. The van der Waals surface area contributed by atoms with E-state index in [0.29, 0.717) is 24.3 Å². The summed E-state index contributed by atoms with van der Waals surface area (Å²) < 4.78 is 0. The van der Waals surface area contributed by atoms with Gasteiger partial charge in [-0.15, -0.1) is 0 Å². The molecule has 1 aliphatic carbocycles. The molecule has 0 aromatic carbocycles. The largest absolute Gasteiger partial charge is 0.396 e. The highest BCUT2D eigenvalue weighted by Gasteiger charge is 2.22. The summed E-state index contributed by atoms with van der Waals surface area (Å²) in [7, 11) is 0. The van der Waals surface area contributed by atoms with E-state index in [1.54, 1.807) is 12.4 Å². The summed E-state index contributed by atoms with van der Waals surface area (Å²) >= 11 is 0. The smallest absolute Gasteiger partial charge is 0.141 e. The van der Waals surface area contributed by atoms with Crippen LogP contribution in [0.25, 0.3) is 0 Å². The zero-order valence-corrected chi connectivity index (χ0v) is 8.76. The molecule has 4 nitrogen and oxygen atoms in total. The summed E-state index contributed by atoms with van der Waals surface area (Å²) in [4.78, 5) is 8.36. The van der Waals surface area contributed by atoms with E-state index in [1.807, 2.05) is 0 Å². The fourth-order valence-corrected chi connectivity index (χ4v) is 2.20. The molecule has 4 heteroatoms. The molecule has 0 unspecified atom stereocenters. The maximum atomic E-state index is 9.04. The van der Waals surface area contributed by atoms with Crippen molar-refractivity contribution in [1.82, 2.24) is 9.97 Å². The van der Waals surface area contributed by atoms with Gasteiger partial charge in [0.05, 0.1) is 18.1 Å². The maximum Gasteiger partial charge on any atom is 0.141 e. The molecule has 3 N–H and O–H groups in total. The highest BCUT2D eigenvalue weighted by Crippen LogP contribution is 2.34. The van der Waals surface area contributed by atoms with Crippen molar-refractivity contribution in [2.75, 3.05) is 12.3 Å². The van der Waals surface area contributed by atoms with Crippen LogP contribution in [0.15, 0.2) is 12.4 Å². The van der Waals surface area contributed by atoms with Gasteiger partial charge in [-0.2, -0.15) is 0 Å². The van der Waals surface area contributed by atoms with Crippen LogP contribution in [0, 0.1) is 5.92 Å². The molecule has 15 heavy (non-hydrogen) atoms. The van der Waals surface area contributed by atoms with Crippen molar-refractivity contribution in [3.8, 4) is 0 Å². The van der Waals surface area contributed by atoms with Crippen LogP contribution in [0.2, 0.25) is 0 Å². The summed E-state index contributed by atoms with van der Waals surface area (Å²) in [6.45, 7) is 0.320. The van der Waals surface area contributed by atoms with Gasteiger partial charge in [0.1, 0.15) is 5.82 Å². The van der Waals surface area contributed by atoms with Gasteiger partial charge in [-0.1, -0.05) is 0 Å². The Labute approximate surface area is 89.6 Å². The normalized spacial score (nSPS) is 26.5. The fourth-order valence-electron chi connectivity index (χ4n) is 2.20. The molecule has 0 aliphatic heterocycles. The Bertz CT molecular complexity index is 304. The van der Waals surface area contributed by atoms with Crippen molar-refractivity contribution in [2.45, 2.75) is 31.6 Å². The zero-order chi connectivity index (χ0) is 10.7. The average Bonchev–Trinajstić information content (AvgIpc) is 2.30. The lowest BCUT2D eigenvalue weighted by Crippen LogP contribution is -2.17. The van der Waals surface area contributed by atoms with Gasteiger partial charge in [0, 0.05) is 12.5 Å². The molecule has 0 spiro atoms. The van der Waals surface area contributed by atoms with Crippen LogP contribution in [0.3, 0.4) is 0 Å². The van der Waals surface area contributed by atoms with Gasteiger partial charge in [-0.3, -0.25) is 4.98 Å². The Balaban J connectivity index is 1.98. The second-order valence-electron chi connectivity index (χ2n) is 4.27. The molecule has 1 heterocycles. The molecule has 1 aromatic heterocycles. The van der Waals surface area contributed by atoms with E-state index < -0.39 is 0 Å². The molecule has 0 atom stereocenters. The van der Waals surface area contributed by atoms with Gasteiger partial charge in [0.2, 0.25) is 0 Å². The number of nitrogens with two attached hydrogens (primary N) is 1. The van der Waals surface area contributed by atoms with Gasteiger partial charge in [-0.25, -0.2) is 4.98 Å². The van der Waals surface area contributed by atoms with E-state index in [0.717, 1.165) is 31.4 Å². The SMILES string of the molecule is Nc1cnc(C2CCC(CO)CC2)cn1. The Morgan fingerprint density at radius 2 is 1.93 bits per heavy atom. The number of aliphatic hydroxyl groups excluding tert-OH is 1. The monoisotopic (exact) mass is 207 g/mol. The van der Waals surface area contributed by atoms with E-state index >= 15 is 0 Å². The third-order valence-corrected chi connectivity index (χ3v) is 3.22. The Morgan fingerprint density at radius 1 is 1.20 bits per heavy atom. The van der Waals surface area contributed by atoms with Crippen molar-refractivity contribution in [2.24, 2.45) is 5.92 Å². The van der Waals surface area contributed by atoms with Gasteiger partial charge >= 0.3 is 0 Å². The van der Waals surface area contributed by atoms with Crippen molar-refractivity contribution >= 4 is 5.82 Å². The van der Waals surface area contributed by atoms with E-state index in [1.165, 1.54) is 0 Å². The first kappa shape index (κ1) is 10.4. The first-order valence-electron chi connectivity index (χ1n) is 5.48. The molecule has 0 saturated heterocycles. The minimum atomic E-state index is 0.320. The minimum Gasteiger partial charge on any atom is -0.396 e. The third kappa shape index (κ3) is 2.45. The number of anilines is 1. The molecule has 1 fully saturated rings. The van der Waals surface area contributed by atoms with Crippen molar-refractivity contribution in [3.05, 3.63) is 18.1 Å². The van der Waals surface area contributed by atoms with Crippen molar-refractivity contribution in [3.63, 3.8) is 0 Å². The minimum absolute atomic E-state index is 0.320. The zero-order valence-electron chi connectivity index (χ0n) is 8.76. The number of aromatic nitrogens is 2. The molecule has 82 valence electrons. The molecular weight excluding hydrogens is 190 g/mol. The summed E-state index contributed by atoms with van der Waals surface area (Å²) in [6, 6.07) is 0. The van der Waals surface area contributed by atoms with Crippen LogP contribution in [-0.4, -0.2) is 21.7 Å². The lowest BCUT2D eigenvalue weighted by molar-refractivity contribution is 0.181. The van der Waals surface area contributed by atoms with Crippen LogP contribution >= 0.6 is 0 Å². The third-order valence-electron chi connectivity index (χ3n) is 3.22. The number of aliphatic hydroxyl groups is 1. The lowest BCUT2D eigenvalue weighted by atomic mass is 9.81. The second-order valence-corrected chi connectivity index (χ2v) is 4.27. The highest BCUT2D eigenvalue weighted by atomic mass is 16.3. The first-order valence-corrected chi connectivity index (χ1v) is 5.48. The molecule has 0 amide bonds. The lowest BCUT2D eigenvalue weighted by Gasteiger charge is -2.26. The predicted octanol–water partition coefficient (Wildman–Crippen LogP) is 1.32. The quantitative estimate of drug-likeness (QED) is 0.767. The molecule has 0 radical (unpaired) electrons. The summed E-state index contributed by atoms with van der Waals surface area (Å²) in [5.41, 5.74) is 6.54. The first-order chi connectivity index (χ1) is 7.29. The topological polar surface area (TPSA) is 72.0 Å². The second kappa shape index (κ2) is 4.57. The number of hydrogen-bond donors (Lipinski definition) is 2. The average molecular weight is 207 g/mol. The van der Waals surface area contributed by atoms with E-state index in [4.69, 9.17) is 10.8 Å². The number of rotatable bonds is 2. The molecule has 0 bridgehead atoms. The van der Waals surface area contributed by atoms with Crippen molar-refractivity contribution < 1.29 is 5.11 Å². The molecule has 2 rings (SSSR count). The van der Waals surface area contributed by atoms with Crippen LogP contribution < -0.4 is 5.73 Å². The Kier molecular flexibility index (Phi) is 3.16. The van der Waals surface area contributed by atoms with Crippen LogP contribution in [0.1, 0.15) is 37.3 Å². The Morgan fingerprint density at radius 3 is 2.47 bits per heavy atom. The van der Waals surface area contributed by atoms with E-state index in [2.05, 4.69) is 9.97 Å². The van der Waals surface area contributed by atoms with Gasteiger partial charge in [-0.05, 0) is 31.6 Å². The molecular formula is C11H17N3O. The summed E-state index contributed by atoms with van der Waals surface area (Å²) in [5, 5.41) is 9.04. The fraction of sp³-hybridized carbons (Fsp3) is 0.636. The standard InChI is InChI=1S/C11H17N3O/c12-11-6-13-10(5-14-11)9-3-1-8(7-15)2-4-9/h5-6,8-9,15H,1-4,7H2,(H2,12,14). The maximum absolute atomic E-state index is 9.04. The molecule has 1 aromatic rings. The number of nitrogens with zero attached hydrogens (tertiary/aromatic N) is 2. The van der Waals surface area contributed by atoms with E-state index in [9.17, 15) is 0 Å². The number of hydrogen-bond acceptors (Lipinski definition) is 4. The molecule has 1 aliphatic rings. The van der Waals surface area contributed by atoms with Gasteiger partial charge in [0.25, 0.3) is 0 Å².